The highest BCUT2D eigenvalue weighted by Gasteiger charge is 2.18. The van der Waals surface area contributed by atoms with Gasteiger partial charge >= 0.3 is 0 Å². The summed E-state index contributed by atoms with van der Waals surface area (Å²) >= 11 is 0. The Labute approximate surface area is 296 Å². The SMILES string of the molecule is Cc1cc(C)cc(-c2ccccc2-c2ccc(-c3ccc(-c4nc(-c5ccccc5)nc(-c5cccc6c5oc5ccccc56)n4)cn3)cc2)c1. The molecule has 5 nitrogen and oxygen atoms in total. The third kappa shape index (κ3) is 5.75. The fraction of sp³-hybridized carbons (Fsp3) is 0.0435. The number of hydrogen-bond acceptors (Lipinski definition) is 5. The quantitative estimate of drug-likeness (QED) is 0.178. The Kier molecular flexibility index (Phi) is 7.51. The fourth-order valence-electron chi connectivity index (χ4n) is 6.90. The van der Waals surface area contributed by atoms with Crippen LogP contribution in [0.1, 0.15) is 11.1 Å². The van der Waals surface area contributed by atoms with Crippen molar-refractivity contribution >= 4 is 21.9 Å². The zero-order chi connectivity index (χ0) is 34.3. The molecule has 0 atom stereocenters. The lowest BCUT2D eigenvalue weighted by Crippen LogP contribution is -2.00. The molecule has 3 heterocycles. The van der Waals surface area contributed by atoms with E-state index in [0.717, 1.165) is 55.4 Å². The Bertz CT molecular complexity index is 2680. The van der Waals surface area contributed by atoms with Crippen molar-refractivity contribution in [3.8, 4) is 67.7 Å². The zero-order valence-corrected chi connectivity index (χ0v) is 28.2. The number of aromatic nitrogens is 4. The topological polar surface area (TPSA) is 64.7 Å². The minimum atomic E-state index is 0.546. The zero-order valence-electron chi connectivity index (χ0n) is 28.2. The third-order valence-corrected chi connectivity index (χ3v) is 9.29. The van der Waals surface area contributed by atoms with E-state index < -0.39 is 0 Å². The van der Waals surface area contributed by atoms with E-state index in [0.29, 0.717) is 17.5 Å². The summed E-state index contributed by atoms with van der Waals surface area (Å²) in [5.74, 6) is 1.68. The molecule has 0 aliphatic heterocycles. The Morgan fingerprint density at radius 2 is 1.00 bits per heavy atom. The summed E-state index contributed by atoms with van der Waals surface area (Å²) in [5.41, 5.74) is 13.4. The maximum Gasteiger partial charge on any atom is 0.167 e. The second-order valence-corrected chi connectivity index (χ2v) is 12.9. The van der Waals surface area contributed by atoms with Crippen LogP contribution in [0.2, 0.25) is 0 Å². The van der Waals surface area contributed by atoms with Crippen LogP contribution >= 0.6 is 0 Å². The number of para-hydroxylation sites is 2. The standard InChI is InChI=1S/C46H32N4O/c1-29-25-30(2)27-35(26-29)37-14-7-6-13-36(37)31-19-21-32(22-20-31)41-24-23-34(28-47-41)45-48-44(33-11-4-3-5-12-33)49-46(50-45)40-17-10-16-39-38-15-8-9-18-42(38)51-43(39)40/h3-28H,1-2H3. The van der Waals surface area contributed by atoms with Crippen molar-refractivity contribution in [1.29, 1.82) is 0 Å². The number of pyridine rings is 1. The van der Waals surface area contributed by atoms with E-state index in [9.17, 15) is 0 Å². The van der Waals surface area contributed by atoms with Crippen LogP contribution in [-0.4, -0.2) is 19.9 Å². The molecule has 0 N–H and O–H groups in total. The summed E-state index contributed by atoms with van der Waals surface area (Å²) in [6.07, 6.45) is 1.84. The molecule has 0 spiro atoms. The van der Waals surface area contributed by atoms with Crippen LogP contribution < -0.4 is 0 Å². The second-order valence-electron chi connectivity index (χ2n) is 12.9. The Morgan fingerprint density at radius 1 is 0.412 bits per heavy atom. The van der Waals surface area contributed by atoms with Gasteiger partial charge in [0, 0.05) is 33.7 Å². The van der Waals surface area contributed by atoms with Gasteiger partial charge < -0.3 is 4.42 Å². The average molecular weight is 657 g/mol. The monoisotopic (exact) mass is 656 g/mol. The Hall–Kier alpha value is -6.72. The normalized spacial score (nSPS) is 11.3. The molecule has 0 amide bonds. The number of rotatable bonds is 6. The lowest BCUT2D eigenvalue weighted by Gasteiger charge is -2.12. The molecular weight excluding hydrogens is 625 g/mol. The first kappa shape index (κ1) is 30.3. The number of hydrogen-bond donors (Lipinski definition) is 0. The van der Waals surface area contributed by atoms with Crippen LogP contribution in [0.25, 0.3) is 89.6 Å². The number of benzene rings is 6. The number of furan rings is 1. The Balaban J connectivity index is 1.07. The van der Waals surface area contributed by atoms with E-state index in [-0.39, 0.29) is 0 Å². The van der Waals surface area contributed by atoms with E-state index in [2.05, 4.69) is 92.7 Å². The first-order chi connectivity index (χ1) is 25.1. The molecule has 6 aromatic carbocycles. The first-order valence-electron chi connectivity index (χ1n) is 17.0. The summed E-state index contributed by atoms with van der Waals surface area (Å²) in [5, 5.41) is 2.09. The lowest BCUT2D eigenvalue weighted by atomic mass is 9.92. The van der Waals surface area contributed by atoms with Gasteiger partial charge in [0.1, 0.15) is 11.2 Å². The van der Waals surface area contributed by atoms with Gasteiger partial charge in [-0.15, -0.1) is 0 Å². The summed E-state index contributed by atoms with van der Waals surface area (Å²) in [6, 6.07) is 52.1. The van der Waals surface area contributed by atoms with Crippen LogP contribution in [0, 0.1) is 13.8 Å². The molecule has 5 heteroatoms. The molecule has 0 saturated heterocycles. The number of fused-ring (bicyclic) bond motifs is 3. The van der Waals surface area contributed by atoms with Gasteiger partial charge in [-0.3, -0.25) is 4.98 Å². The van der Waals surface area contributed by atoms with E-state index in [4.69, 9.17) is 24.4 Å². The maximum absolute atomic E-state index is 6.36. The summed E-state index contributed by atoms with van der Waals surface area (Å²) in [6.45, 7) is 4.30. The average Bonchev–Trinajstić information content (AvgIpc) is 3.57. The largest absolute Gasteiger partial charge is 0.455 e. The van der Waals surface area contributed by atoms with Crippen molar-refractivity contribution in [2.75, 3.05) is 0 Å². The Morgan fingerprint density at radius 3 is 1.75 bits per heavy atom. The summed E-state index contributed by atoms with van der Waals surface area (Å²) < 4.78 is 6.36. The van der Waals surface area contributed by atoms with Crippen LogP contribution in [0.3, 0.4) is 0 Å². The maximum atomic E-state index is 6.36. The van der Waals surface area contributed by atoms with Crippen molar-refractivity contribution in [2.24, 2.45) is 0 Å². The van der Waals surface area contributed by atoms with Crippen LogP contribution in [0.4, 0.5) is 0 Å². The molecule has 0 aliphatic carbocycles. The highest BCUT2D eigenvalue weighted by atomic mass is 16.3. The number of aryl methyl sites for hydroxylation is 2. The van der Waals surface area contributed by atoms with E-state index >= 15 is 0 Å². The molecule has 0 bridgehead atoms. The molecule has 9 aromatic rings. The highest BCUT2D eigenvalue weighted by Crippen LogP contribution is 2.37. The van der Waals surface area contributed by atoms with Gasteiger partial charge in [0.25, 0.3) is 0 Å². The van der Waals surface area contributed by atoms with Crippen molar-refractivity contribution < 1.29 is 4.42 Å². The smallest absolute Gasteiger partial charge is 0.167 e. The van der Waals surface area contributed by atoms with Gasteiger partial charge in [-0.25, -0.2) is 15.0 Å². The van der Waals surface area contributed by atoms with Gasteiger partial charge in [-0.2, -0.15) is 0 Å². The van der Waals surface area contributed by atoms with Crippen LogP contribution in [-0.2, 0) is 0 Å². The molecule has 0 saturated carbocycles. The van der Waals surface area contributed by atoms with Crippen molar-refractivity contribution in [2.45, 2.75) is 13.8 Å². The van der Waals surface area contributed by atoms with E-state index in [1.807, 2.05) is 79.0 Å². The van der Waals surface area contributed by atoms with Crippen LogP contribution in [0.5, 0.6) is 0 Å². The summed E-state index contributed by atoms with van der Waals surface area (Å²) in [7, 11) is 0. The minimum absolute atomic E-state index is 0.546. The fourth-order valence-corrected chi connectivity index (χ4v) is 6.90. The van der Waals surface area contributed by atoms with E-state index in [1.165, 1.54) is 27.8 Å². The molecule has 9 rings (SSSR count). The van der Waals surface area contributed by atoms with Gasteiger partial charge in [0.15, 0.2) is 17.5 Å². The molecular formula is C46H32N4O. The van der Waals surface area contributed by atoms with Gasteiger partial charge in [0.2, 0.25) is 0 Å². The van der Waals surface area contributed by atoms with Gasteiger partial charge in [-0.1, -0.05) is 139 Å². The summed E-state index contributed by atoms with van der Waals surface area (Å²) in [4.78, 5) is 19.7. The van der Waals surface area contributed by atoms with Crippen molar-refractivity contribution in [1.82, 2.24) is 19.9 Å². The van der Waals surface area contributed by atoms with Gasteiger partial charge in [0.05, 0.1) is 11.3 Å². The van der Waals surface area contributed by atoms with Crippen LogP contribution in [0.15, 0.2) is 162 Å². The molecule has 0 radical (unpaired) electrons. The lowest BCUT2D eigenvalue weighted by molar-refractivity contribution is 0.669. The first-order valence-corrected chi connectivity index (χ1v) is 17.0. The molecule has 0 unspecified atom stereocenters. The minimum Gasteiger partial charge on any atom is -0.455 e. The highest BCUT2D eigenvalue weighted by molar-refractivity contribution is 6.09. The predicted octanol–water partition coefficient (Wildman–Crippen LogP) is 11.8. The molecule has 51 heavy (non-hydrogen) atoms. The van der Waals surface area contributed by atoms with Crippen molar-refractivity contribution in [3.05, 3.63) is 169 Å². The molecule has 0 fully saturated rings. The van der Waals surface area contributed by atoms with Gasteiger partial charge in [-0.05, 0) is 60.4 Å². The molecule has 0 aliphatic rings. The molecule has 3 aromatic heterocycles. The third-order valence-electron chi connectivity index (χ3n) is 9.29. The molecule has 242 valence electrons. The second kappa shape index (κ2) is 12.6. The number of nitrogens with zero attached hydrogens (tertiary/aromatic N) is 4. The van der Waals surface area contributed by atoms with E-state index in [1.54, 1.807) is 0 Å². The predicted molar refractivity (Wildman–Crippen MR) is 207 cm³/mol. The van der Waals surface area contributed by atoms with Crippen molar-refractivity contribution in [3.63, 3.8) is 0 Å².